The molecular weight excluding hydrogens is 350 g/mol. The SMILES string of the molecule is CC[NH+](CC)CCSc1ccc(-c2cc(OC)c(OC)c(OC)c2)nn1. The molecule has 7 heteroatoms. The van der Waals surface area contributed by atoms with Gasteiger partial charge in [0.05, 0.1) is 46.7 Å². The molecule has 0 fully saturated rings. The molecule has 1 aromatic heterocycles. The molecule has 1 N–H and O–H groups in total. The Morgan fingerprint density at radius 3 is 2.04 bits per heavy atom. The zero-order valence-corrected chi connectivity index (χ0v) is 17.0. The summed E-state index contributed by atoms with van der Waals surface area (Å²) in [6.45, 7) is 7.88. The van der Waals surface area contributed by atoms with Crippen LogP contribution in [0.5, 0.6) is 17.2 Å². The van der Waals surface area contributed by atoms with Crippen LogP contribution >= 0.6 is 11.8 Å². The number of aromatic nitrogens is 2. The molecule has 0 atom stereocenters. The van der Waals surface area contributed by atoms with Gasteiger partial charge in [-0.1, -0.05) is 11.8 Å². The first-order chi connectivity index (χ1) is 12.7. The van der Waals surface area contributed by atoms with E-state index >= 15 is 0 Å². The van der Waals surface area contributed by atoms with Gasteiger partial charge in [0.25, 0.3) is 0 Å². The van der Waals surface area contributed by atoms with Crippen molar-refractivity contribution >= 4 is 11.8 Å². The molecule has 2 rings (SSSR count). The number of hydrogen-bond donors (Lipinski definition) is 1. The van der Waals surface area contributed by atoms with Crippen LogP contribution in [0, 0.1) is 0 Å². The number of methoxy groups -OCH3 is 3. The first kappa shape index (κ1) is 20.3. The number of nitrogens with zero attached hydrogens (tertiary/aromatic N) is 2. The molecule has 0 aliphatic heterocycles. The van der Waals surface area contributed by atoms with Crippen LogP contribution in [0.15, 0.2) is 29.3 Å². The molecule has 0 aliphatic carbocycles. The maximum atomic E-state index is 5.40. The van der Waals surface area contributed by atoms with Gasteiger partial charge in [-0.2, -0.15) is 0 Å². The van der Waals surface area contributed by atoms with Crippen LogP contribution < -0.4 is 19.1 Å². The van der Waals surface area contributed by atoms with E-state index in [0.29, 0.717) is 17.2 Å². The van der Waals surface area contributed by atoms with Crippen molar-refractivity contribution in [1.29, 1.82) is 0 Å². The van der Waals surface area contributed by atoms with Gasteiger partial charge in [-0.3, -0.25) is 0 Å². The van der Waals surface area contributed by atoms with E-state index in [1.165, 1.54) is 0 Å². The van der Waals surface area contributed by atoms with Crippen LogP contribution in [-0.4, -0.2) is 56.9 Å². The number of nitrogens with one attached hydrogen (secondary N) is 1. The first-order valence-corrected chi connectivity index (χ1v) is 9.75. The standard InChI is InChI=1S/C19H27N3O3S/c1-6-22(7-2)10-11-26-18-9-8-15(20-21-18)14-12-16(23-3)19(25-5)17(13-14)24-4/h8-9,12-13H,6-7,10-11H2,1-5H3/p+1. The highest BCUT2D eigenvalue weighted by molar-refractivity contribution is 7.99. The summed E-state index contributed by atoms with van der Waals surface area (Å²) < 4.78 is 16.2. The van der Waals surface area contributed by atoms with E-state index in [0.717, 1.165) is 41.7 Å². The third-order valence-corrected chi connectivity index (χ3v) is 5.23. The summed E-state index contributed by atoms with van der Waals surface area (Å²) in [5.74, 6) is 2.81. The normalized spacial score (nSPS) is 10.8. The number of benzene rings is 1. The summed E-state index contributed by atoms with van der Waals surface area (Å²) in [4.78, 5) is 1.60. The van der Waals surface area contributed by atoms with Gasteiger partial charge in [0.2, 0.25) is 5.75 Å². The van der Waals surface area contributed by atoms with E-state index in [2.05, 4.69) is 24.0 Å². The minimum Gasteiger partial charge on any atom is -0.493 e. The summed E-state index contributed by atoms with van der Waals surface area (Å²) >= 11 is 1.74. The minimum atomic E-state index is 0.567. The van der Waals surface area contributed by atoms with Crippen molar-refractivity contribution in [3.8, 4) is 28.5 Å². The lowest BCUT2D eigenvalue weighted by Gasteiger charge is -2.14. The van der Waals surface area contributed by atoms with Crippen molar-refractivity contribution in [2.75, 3.05) is 46.7 Å². The molecule has 1 heterocycles. The average molecular weight is 379 g/mol. The van der Waals surface area contributed by atoms with Gasteiger partial charge in [0, 0.05) is 11.3 Å². The topological polar surface area (TPSA) is 57.9 Å². The largest absolute Gasteiger partial charge is 0.493 e. The fourth-order valence-corrected chi connectivity index (χ4v) is 3.55. The fraction of sp³-hybridized carbons (Fsp3) is 0.474. The van der Waals surface area contributed by atoms with Gasteiger partial charge in [0.1, 0.15) is 5.03 Å². The van der Waals surface area contributed by atoms with E-state index < -0.39 is 0 Å². The molecule has 0 amide bonds. The van der Waals surface area contributed by atoms with Crippen LogP contribution in [-0.2, 0) is 0 Å². The summed E-state index contributed by atoms with van der Waals surface area (Å²) in [5, 5.41) is 9.65. The van der Waals surface area contributed by atoms with Gasteiger partial charge in [-0.05, 0) is 38.1 Å². The Kier molecular flexibility index (Phi) is 8.00. The van der Waals surface area contributed by atoms with Crippen LogP contribution in [0.1, 0.15) is 13.8 Å². The van der Waals surface area contributed by atoms with Crippen molar-refractivity contribution in [1.82, 2.24) is 10.2 Å². The molecule has 26 heavy (non-hydrogen) atoms. The third-order valence-electron chi connectivity index (χ3n) is 4.31. The zero-order valence-electron chi connectivity index (χ0n) is 16.2. The van der Waals surface area contributed by atoms with E-state index in [-0.39, 0.29) is 0 Å². The molecule has 0 bridgehead atoms. The van der Waals surface area contributed by atoms with Crippen LogP contribution in [0.2, 0.25) is 0 Å². The maximum Gasteiger partial charge on any atom is 0.203 e. The van der Waals surface area contributed by atoms with Gasteiger partial charge in [0.15, 0.2) is 11.5 Å². The van der Waals surface area contributed by atoms with E-state index in [4.69, 9.17) is 14.2 Å². The lowest BCUT2D eigenvalue weighted by molar-refractivity contribution is -0.893. The number of hydrogen-bond acceptors (Lipinski definition) is 6. The molecule has 2 aromatic rings. The quantitative estimate of drug-likeness (QED) is 0.640. The predicted octanol–water partition coefficient (Wildman–Crippen LogP) is 2.19. The van der Waals surface area contributed by atoms with E-state index in [1.54, 1.807) is 38.0 Å². The molecule has 0 radical (unpaired) electrons. The summed E-state index contributed by atoms with van der Waals surface area (Å²) in [6, 6.07) is 7.73. The maximum absolute atomic E-state index is 5.40. The number of rotatable bonds is 10. The smallest absolute Gasteiger partial charge is 0.203 e. The van der Waals surface area contributed by atoms with Gasteiger partial charge in [-0.25, -0.2) is 0 Å². The molecule has 6 nitrogen and oxygen atoms in total. The van der Waals surface area contributed by atoms with Crippen molar-refractivity contribution in [2.45, 2.75) is 18.9 Å². The zero-order chi connectivity index (χ0) is 18.9. The van der Waals surface area contributed by atoms with Gasteiger partial charge >= 0.3 is 0 Å². The minimum absolute atomic E-state index is 0.567. The Balaban J connectivity index is 2.13. The summed E-state index contributed by atoms with van der Waals surface area (Å²) in [6.07, 6.45) is 0. The van der Waals surface area contributed by atoms with Crippen LogP contribution in [0.25, 0.3) is 11.3 Å². The Bertz CT molecular complexity index is 666. The average Bonchev–Trinajstić information content (AvgIpc) is 2.70. The summed E-state index contributed by atoms with van der Waals surface area (Å²) in [5.41, 5.74) is 1.64. The highest BCUT2D eigenvalue weighted by Crippen LogP contribution is 2.40. The monoisotopic (exact) mass is 378 g/mol. The molecule has 1 aromatic carbocycles. The van der Waals surface area contributed by atoms with Crippen molar-refractivity contribution < 1.29 is 19.1 Å². The number of ether oxygens (including phenoxy) is 3. The number of quaternary nitrogens is 1. The Hall–Kier alpha value is -1.99. The Morgan fingerprint density at radius 2 is 1.58 bits per heavy atom. The highest BCUT2D eigenvalue weighted by Gasteiger charge is 2.15. The summed E-state index contributed by atoms with van der Waals surface area (Å²) in [7, 11) is 4.79. The fourth-order valence-electron chi connectivity index (χ4n) is 2.68. The molecule has 142 valence electrons. The molecule has 0 saturated heterocycles. The van der Waals surface area contributed by atoms with Gasteiger partial charge in [-0.15, -0.1) is 10.2 Å². The molecule has 0 unspecified atom stereocenters. The lowest BCUT2D eigenvalue weighted by Crippen LogP contribution is -3.11. The Labute approximate surface area is 159 Å². The number of thioether (sulfide) groups is 1. The predicted molar refractivity (Wildman–Crippen MR) is 105 cm³/mol. The highest BCUT2D eigenvalue weighted by atomic mass is 32.2. The second kappa shape index (κ2) is 10.2. The molecule has 0 spiro atoms. The lowest BCUT2D eigenvalue weighted by atomic mass is 10.1. The first-order valence-electron chi connectivity index (χ1n) is 8.77. The van der Waals surface area contributed by atoms with Crippen LogP contribution in [0.4, 0.5) is 0 Å². The molecular formula is C19H28N3O3S+. The second-order valence-corrected chi connectivity index (χ2v) is 6.84. The third kappa shape index (κ3) is 5.02. The Morgan fingerprint density at radius 1 is 0.923 bits per heavy atom. The van der Waals surface area contributed by atoms with E-state index in [9.17, 15) is 0 Å². The second-order valence-electron chi connectivity index (χ2n) is 5.73. The molecule has 0 aliphatic rings. The van der Waals surface area contributed by atoms with Crippen LogP contribution in [0.3, 0.4) is 0 Å². The molecule has 0 saturated carbocycles. The van der Waals surface area contributed by atoms with Crippen molar-refractivity contribution in [3.63, 3.8) is 0 Å². The van der Waals surface area contributed by atoms with Gasteiger partial charge < -0.3 is 19.1 Å². The van der Waals surface area contributed by atoms with Crippen molar-refractivity contribution in [3.05, 3.63) is 24.3 Å². The van der Waals surface area contributed by atoms with E-state index in [1.807, 2.05) is 24.3 Å². The van der Waals surface area contributed by atoms with Crippen molar-refractivity contribution in [2.24, 2.45) is 0 Å².